The molecular formula is C10H19NO3S. The van der Waals surface area contributed by atoms with Crippen LogP contribution in [0, 0.1) is 0 Å². The van der Waals surface area contributed by atoms with Crippen molar-refractivity contribution in [2.45, 2.75) is 18.9 Å². The van der Waals surface area contributed by atoms with Crippen molar-refractivity contribution in [3.8, 4) is 0 Å². The number of thioether (sulfide) groups is 1. The molecule has 0 radical (unpaired) electrons. The zero-order valence-electron chi connectivity index (χ0n) is 9.38. The summed E-state index contributed by atoms with van der Waals surface area (Å²) in [7, 11) is 1.71. The lowest BCUT2D eigenvalue weighted by atomic mass is 10.0. The molecule has 1 amide bonds. The topological polar surface area (TPSA) is 47.6 Å². The van der Waals surface area contributed by atoms with E-state index in [1.54, 1.807) is 7.11 Å². The fourth-order valence-electron chi connectivity index (χ4n) is 1.47. The van der Waals surface area contributed by atoms with Crippen molar-refractivity contribution < 1.29 is 14.3 Å². The molecule has 1 saturated heterocycles. The van der Waals surface area contributed by atoms with E-state index in [1.807, 2.05) is 18.7 Å². The van der Waals surface area contributed by atoms with Crippen molar-refractivity contribution in [1.29, 1.82) is 0 Å². The predicted octanol–water partition coefficient (Wildman–Crippen LogP) is 0.661. The van der Waals surface area contributed by atoms with Crippen LogP contribution in [0.4, 0.5) is 0 Å². The summed E-state index contributed by atoms with van der Waals surface area (Å²) in [6.45, 7) is 3.17. The van der Waals surface area contributed by atoms with E-state index in [2.05, 4.69) is 5.32 Å². The average Bonchev–Trinajstić information content (AvgIpc) is 2.73. The van der Waals surface area contributed by atoms with E-state index in [-0.39, 0.29) is 18.1 Å². The molecule has 1 fully saturated rings. The van der Waals surface area contributed by atoms with E-state index >= 15 is 0 Å². The summed E-state index contributed by atoms with van der Waals surface area (Å²) in [4.78, 5) is 11.3. The van der Waals surface area contributed by atoms with Gasteiger partial charge in [0.15, 0.2) is 0 Å². The van der Waals surface area contributed by atoms with Crippen LogP contribution in [0.3, 0.4) is 0 Å². The molecule has 0 unspecified atom stereocenters. The summed E-state index contributed by atoms with van der Waals surface area (Å²) in [6.07, 6.45) is 1.00. The van der Waals surface area contributed by atoms with Crippen LogP contribution in [0.25, 0.3) is 0 Å². The maximum absolute atomic E-state index is 11.3. The number of ether oxygens (including phenoxy) is 2. The lowest BCUT2D eigenvalue weighted by Crippen LogP contribution is -2.45. The molecule has 1 N–H and O–H groups in total. The van der Waals surface area contributed by atoms with Gasteiger partial charge in [0.1, 0.15) is 6.61 Å². The molecule has 0 bridgehead atoms. The van der Waals surface area contributed by atoms with E-state index in [9.17, 15) is 4.79 Å². The lowest BCUT2D eigenvalue weighted by molar-refractivity contribution is -0.126. The SMILES string of the molecule is CCOCC(=O)NC[C@]1(OC)CCSC1. The molecule has 5 heteroatoms. The molecule has 0 spiro atoms. The first-order chi connectivity index (χ1) is 7.22. The number of hydrogen-bond donors (Lipinski definition) is 1. The Labute approximate surface area is 95.1 Å². The van der Waals surface area contributed by atoms with Gasteiger partial charge in [-0.3, -0.25) is 4.79 Å². The zero-order chi connectivity index (χ0) is 11.1. The highest BCUT2D eigenvalue weighted by molar-refractivity contribution is 7.99. The second-order valence-corrected chi connectivity index (χ2v) is 4.71. The number of nitrogens with one attached hydrogen (secondary N) is 1. The normalized spacial score (nSPS) is 25.5. The van der Waals surface area contributed by atoms with Gasteiger partial charge in [-0.05, 0) is 19.1 Å². The largest absolute Gasteiger partial charge is 0.376 e. The Kier molecular flexibility index (Phi) is 5.42. The number of carbonyl (C=O) groups excluding carboxylic acids is 1. The average molecular weight is 233 g/mol. The van der Waals surface area contributed by atoms with Crippen LogP contribution in [-0.4, -0.2) is 49.9 Å². The molecular weight excluding hydrogens is 214 g/mol. The molecule has 0 aromatic carbocycles. The van der Waals surface area contributed by atoms with Crippen molar-refractivity contribution in [1.82, 2.24) is 5.32 Å². The minimum absolute atomic E-state index is 0.0647. The summed E-state index contributed by atoms with van der Waals surface area (Å²) < 4.78 is 10.5. The Morgan fingerprint density at radius 3 is 2.93 bits per heavy atom. The van der Waals surface area contributed by atoms with Gasteiger partial charge in [0.25, 0.3) is 0 Å². The van der Waals surface area contributed by atoms with Crippen molar-refractivity contribution in [2.75, 3.05) is 38.4 Å². The Balaban J connectivity index is 2.25. The Morgan fingerprint density at radius 2 is 2.40 bits per heavy atom. The molecule has 1 atom stereocenters. The first-order valence-electron chi connectivity index (χ1n) is 5.20. The van der Waals surface area contributed by atoms with Crippen LogP contribution in [0.1, 0.15) is 13.3 Å². The molecule has 0 aromatic rings. The van der Waals surface area contributed by atoms with Gasteiger partial charge < -0.3 is 14.8 Å². The second kappa shape index (κ2) is 6.35. The van der Waals surface area contributed by atoms with Crippen LogP contribution in [-0.2, 0) is 14.3 Å². The molecule has 0 saturated carbocycles. The third kappa shape index (κ3) is 4.01. The number of rotatable bonds is 6. The highest BCUT2D eigenvalue weighted by atomic mass is 32.2. The van der Waals surface area contributed by atoms with Crippen LogP contribution >= 0.6 is 11.8 Å². The molecule has 0 aliphatic carbocycles. The predicted molar refractivity (Wildman–Crippen MR) is 61.2 cm³/mol. The summed E-state index contributed by atoms with van der Waals surface area (Å²) in [5, 5.41) is 2.85. The highest BCUT2D eigenvalue weighted by Gasteiger charge is 2.34. The summed E-state index contributed by atoms with van der Waals surface area (Å²) in [5.74, 6) is 2.00. The first-order valence-corrected chi connectivity index (χ1v) is 6.35. The Bertz CT molecular complexity index is 205. The minimum Gasteiger partial charge on any atom is -0.376 e. The molecule has 1 heterocycles. The smallest absolute Gasteiger partial charge is 0.246 e. The lowest BCUT2D eigenvalue weighted by Gasteiger charge is -2.26. The zero-order valence-corrected chi connectivity index (χ0v) is 10.2. The summed E-state index contributed by atoms with van der Waals surface area (Å²) >= 11 is 1.87. The molecule has 1 aliphatic heterocycles. The van der Waals surface area contributed by atoms with Gasteiger partial charge in [-0.1, -0.05) is 0 Å². The van der Waals surface area contributed by atoms with E-state index in [4.69, 9.17) is 9.47 Å². The Hall–Kier alpha value is -0.260. The molecule has 4 nitrogen and oxygen atoms in total. The van der Waals surface area contributed by atoms with Crippen LogP contribution in [0.15, 0.2) is 0 Å². The third-order valence-corrected chi connectivity index (χ3v) is 3.77. The number of hydrogen-bond acceptors (Lipinski definition) is 4. The Morgan fingerprint density at radius 1 is 1.60 bits per heavy atom. The monoisotopic (exact) mass is 233 g/mol. The number of amides is 1. The first kappa shape index (κ1) is 12.8. The van der Waals surface area contributed by atoms with Crippen molar-refractivity contribution >= 4 is 17.7 Å². The second-order valence-electron chi connectivity index (χ2n) is 3.60. The van der Waals surface area contributed by atoms with Gasteiger partial charge in [-0.25, -0.2) is 0 Å². The van der Waals surface area contributed by atoms with Gasteiger partial charge in [0.05, 0.1) is 5.60 Å². The minimum atomic E-state index is -0.160. The molecule has 88 valence electrons. The molecule has 1 rings (SSSR count). The molecule has 0 aromatic heterocycles. The van der Waals surface area contributed by atoms with Gasteiger partial charge in [0, 0.05) is 26.0 Å². The van der Waals surface area contributed by atoms with Crippen LogP contribution in [0.2, 0.25) is 0 Å². The van der Waals surface area contributed by atoms with Gasteiger partial charge in [0.2, 0.25) is 5.91 Å². The van der Waals surface area contributed by atoms with Crippen molar-refractivity contribution in [3.63, 3.8) is 0 Å². The quantitative estimate of drug-likeness (QED) is 0.732. The molecule has 1 aliphatic rings. The third-order valence-electron chi connectivity index (χ3n) is 2.55. The highest BCUT2D eigenvalue weighted by Crippen LogP contribution is 2.30. The van der Waals surface area contributed by atoms with Crippen LogP contribution in [0.5, 0.6) is 0 Å². The van der Waals surface area contributed by atoms with Gasteiger partial charge in [-0.15, -0.1) is 0 Å². The van der Waals surface area contributed by atoms with Crippen LogP contribution < -0.4 is 5.32 Å². The van der Waals surface area contributed by atoms with E-state index < -0.39 is 0 Å². The van der Waals surface area contributed by atoms with E-state index in [0.29, 0.717) is 13.2 Å². The summed E-state index contributed by atoms with van der Waals surface area (Å²) in [6, 6.07) is 0. The fourth-order valence-corrected chi connectivity index (χ4v) is 2.86. The standard InChI is InChI=1S/C10H19NO3S/c1-3-14-6-9(12)11-7-10(13-2)4-5-15-8-10/h3-8H2,1-2H3,(H,11,12)/t10-/m1/s1. The van der Waals surface area contributed by atoms with Gasteiger partial charge >= 0.3 is 0 Å². The number of carbonyl (C=O) groups is 1. The van der Waals surface area contributed by atoms with Crippen molar-refractivity contribution in [3.05, 3.63) is 0 Å². The van der Waals surface area contributed by atoms with Gasteiger partial charge in [-0.2, -0.15) is 11.8 Å². The number of methoxy groups -OCH3 is 1. The van der Waals surface area contributed by atoms with E-state index in [0.717, 1.165) is 17.9 Å². The maximum atomic E-state index is 11.3. The summed E-state index contributed by atoms with van der Waals surface area (Å²) in [5.41, 5.74) is -0.160. The molecule has 15 heavy (non-hydrogen) atoms. The van der Waals surface area contributed by atoms with Crippen molar-refractivity contribution in [2.24, 2.45) is 0 Å². The fraction of sp³-hybridized carbons (Fsp3) is 0.900. The maximum Gasteiger partial charge on any atom is 0.246 e. The van der Waals surface area contributed by atoms with E-state index in [1.165, 1.54) is 0 Å².